The lowest BCUT2D eigenvalue weighted by Gasteiger charge is -2.23. The number of nitrogens with zero attached hydrogens (tertiary/aromatic N) is 1. The Morgan fingerprint density at radius 2 is 1.65 bits per heavy atom. The minimum absolute atomic E-state index is 0.0593. The van der Waals surface area contributed by atoms with Crippen molar-refractivity contribution in [1.82, 2.24) is 4.90 Å². The molecule has 1 aromatic rings. The fourth-order valence-corrected chi connectivity index (χ4v) is 3.25. The number of aliphatic hydroxyl groups is 1. The van der Waals surface area contributed by atoms with Crippen LogP contribution in [0.2, 0.25) is 0 Å². The van der Waals surface area contributed by atoms with Crippen LogP contribution in [-0.4, -0.2) is 28.4 Å². The average molecular weight is 273 g/mol. The van der Waals surface area contributed by atoms with E-state index in [1.807, 2.05) is 45.0 Å². The molecule has 20 heavy (non-hydrogen) atoms. The number of piperidine rings is 1. The van der Waals surface area contributed by atoms with E-state index in [2.05, 4.69) is 0 Å². The standard InChI is InChI=1S/C16H19NO3/c1-9-4-6-10(7-5-9)11(18)8-17-14(19)12-13(15(17)20)16(12,2)3/h4-7,11-13,18H,8H2,1-3H3. The highest BCUT2D eigenvalue weighted by atomic mass is 16.3. The molecule has 0 aromatic heterocycles. The number of benzene rings is 1. The van der Waals surface area contributed by atoms with Crippen LogP contribution in [0.25, 0.3) is 0 Å². The zero-order chi connectivity index (χ0) is 14.7. The van der Waals surface area contributed by atoms with E-state index >= 15 is 0 Å². The molecule has 1 N–H and O–H groups in total. The molecular formula is C16H19NO3. The van der Waals surface area contributed by atoms with Gasteiger partial charge in [-0.1, -0.05) is 43.7 Å². The van der Waals surface area contributed by atoms with Gasteiger partial charge in [0, 0.05) is 0 Å². The third-order valence-electron chi connectivity index (χ3n) is 4.71. The maximum atomic E-state index is 12.2. The Hall–Kier alpha value is -1.68. The predicted octanol–water partition coefficient (Wildman–Crippen LogP) is 1.67. The largest absolute Gasteiger partial charge is 0.387 e. The summed E-state index contributed by atoms with van der Waals surface area (Å²) >= 11 is 0. The number of rotatable bonds is 3. The molecule has 1 heterocycles. The van der Waals surface area contributed by atoms with E-state index < -0.39 is 6.10 Å². The lowest BCUT2D eigenvalue weighted by Crippen LogP contribution is -2.39. The Morgan fingerprint density at radius 1 is 1.15 bits per heavy atom. The Morgan fingerprint density at radius 3 is 2.15 bits per heavy atom. The van der Waals surface area contributed by atoms with Crippen molar-refractivity contribution in [2.24, 2.45) is 17.3 Å². The summed E-state index contributed by atoms with van der Waals surface area (Å²) in [6.45, 7) is 5.93. The maximum absolute atomic E-state index is 12.2. The number of likely N-dealkylation sites (tertiary alicyclic amines) is 1. The molecule has 0 radical (unpaired) electrons. The van der Waals surface area contributed by atoms with E-state index in [-0.39, 0.29) is 35.6 Å². The van der Waals surface area contributed by atoms with Gasteiger partial charge in [-0.2, -0.15) is 0 Å². The third kappa shape index (κ3) is 1.79. The number of hydrogen-bond acceptors (Lipinski definition) is 3. The average Bonchev–Trinajstić information content (AvgIpc) is 2.87. The second kappa shape index (κ2) is 4.16. The molecule has 1 saturated heterocycles. The first-order chi connectivity index (χ1) is 9.34. The van der Waals surface area contributed by atoms with Crippen molar-refractivity contribution >= 4 is 11.8 Å². The van der Waals surface area contributed by atoms with Crippen LogP contribution >= 0.6 is 0 Å². The van der Waals surface area contributed by atoms with Crippen LogP contribution in [0, 0.1) is 24.2 Å². The number of aryl methyl sites for hydroxylation is 1. The second-order valence-corrected chi connectivity index (χ2v) is 6.49. The van der Waals surface area contributed by atoms with Gasteiger partial charge in [0.25, 0.3) is 0 Å². The summed E-state index contributed by atoms with van der Waals surface area (Å²) in [5, 5.41) is 10.2. The van der Waals surface area contributed by atoms with E-state index in [0.29, 0.717) is 0 Å². The molecule has 2 fully saturated rings. The van der Waals surface area contributed by atoms with Crippen LogP contribution in [0.5, 0.6) is 0 Å². The highest BCUT2D eigenvalue weighted by molar-refractivity contribution is 6.10. The number of hydrogen-bond donors (Lipinski definition) is 1. The van der Waals surface area contributed by atoms with Crippen LogP contribution < -0.4 is 0 Å². The van der Waals surface area contributed by atoms with Crippen LogP contribution in [0.3, 0.4) is 0 Å². The molecule has 3 atom stereocenters. The van der Waals surface area contributed by atoms with Crippen molar-refractivity contribution in [1.29, 1.82) is 0 Å². The fourth-order valence-electron chi connectivity index (χ4n) is 3.25. The Bertz CT molecular complexity index is 552. The van der Waals surface area contributed by atoms with Crippen molar-refractivity contribution in [3.8, 4) is 0 Å². The SMILES string of the molecule is Cc1ccc(C(O)CN2C(=O)C3C(C2=O)C3(C)C)cc1. The monoisotopic (exact) mass is 273 g/mol. The lowest BCUT2D eigenvalue weighted by molar-refractivity contribution is -0.144. The van der Waals surface area contributed by atoms with Crippen LogP contribution in [0.1, 0.15) is 31.1 Å². The van der Waals surface area contributed by atoms with Gasteiger partial charge in [0.05, 0.1) is 24.5 Å². The summed E-state index contributed by atoms with van der Waals surface area (Å²) in [6, 6.07) is 7.48. The van der Waals surface area contributed by atoms with Crippen LogP contribution in [0.4, 0.5) is 0 Å². The van der Waals surface area contributed by atoms with Crippen molar-refractivity contribution in [3.05, 3.63) is 35.4 Å². The predicted molar refractivity (Wildman–Crippen MR) is 73.6 cm³/mol. The first-order valence-electron chi connectivity index (χ1n) is 6.94. The quantitative estimate of drug-likeness (QED) is 0.852. The van der Waals surface area contributed by atoms with Gasteiger partial charge in [-0.25, -0.2) is 0 Å². The summed E-state index contributed by atoms with van der Waals surface area (Å²) in [4.78, 5) is 25.6. The summed E-state index contributed by atoms with van der Waals surface area (Å²) in [6.07, 6.45) is -0.816. The first kappa shape index (κ1) is 13.3. The number of β-amino-alcohol motifs (C(OH)–C–C–N with tert-alkyl or cyclic N) is 1. The van der Waals surface area contributed by atoms with Gasteiger partial charge in [0.1, 0.15) is 0 Å². The molecule has 4 nitrogen and oxygen atoms in total. The van der Waals surface area contributed by atoms with Gasteiger partial charge in [-0.3, -0.25) is 14.5 Å². The Balaban J connectivity index is 1.72. The zero-order valence-electron chi connectivity index (χ0n) is 12.0. The van der Waals surface area contributed by atoms with Gasteiger partial charge in [0.15, 0.2) is 0 Å². The van der Waals surface area contributed by atoms with Gasteiger partial charge in [0.2, 0.25) is 11.8 Å². The molecule has 0 spiro atoms. The summed E-state index contributed by atoms with van der Waals surface area (Å²) in [5.41, 5.74) is 1.65. The molecule has 1 saturated carbocycles. The molecule has 2 amide bonds. The number of amides is 2. The minimum atomic E-state index is -0.816. The van der Waals surface area contributed by atoms with E-state index in [4.69, 9.17) is 0 Å². The zero-order valence-corrected chi connectivity index (χ0v) is 12.0. The molecule has 4 heteroatoms. The molecule has 0 bridgehead atoms. The van der Waals surface area contributed by atoms with Gasteiger partial charge in [-0.15, -0.1) is 0 Å². The number of aliphatic hydroxyl groups excluding tert-OH is 1. The Kier molecular flexibility index (Phi) is 2.77. The fraction of sp³-hybridized carbons (Fsp3) is 0.500. The molecule has 2 aliphatic rings. The molecule has 3 rings (SSSR count). The van der Waals surface area contributed by atoms with E-state index in [9.17, 15) is 14.7 Å². The van der Waals surface area contributed by atoms with Crippen LogP contribution in [0.15, 0.2) is 24.3 Å². The molecule has 106 valence electrons. The minimum Gasteiger partial charge on any atom is -0.387 e. The third-order valence-corrected chi connectivity index (χ3v) is 4.71. The van der Waals surface area contributed by atoms with Crippen molar-refractivity contribution < 1.29 is 14.7 Å². The number of fused-ring (bicyclic) bond motifs is 1. The Labute approximate surface area is 118 Å². The summed E-state index contributed by atoms with van der Waals surface area (Å²) in [5.74, 6) is -0.618. The van der Waals surface area contributed by atoms with E-state index in [1.54, 1.807) is 0 Å². The molecule has 1 aromatic carbocycles. The van der Waals surface area contributed by atoms with E-state index in [1.165, 1.54) is 4.90 Å². The molecule has 1 aliphatic carbocycles. The van der Waals surface area contributed by atoms with Crippen LogP contribution in [-0.2, 0) is 9.59 Å². The van der Waals surface area contributed by atoms with Gasteiger partial charge < -0.3 is 5.11 Å². The highest BCUT2D eigenvalue weighted by Crippen LogP contribution is 2.63. The number of imide groups is 1. The van der Waals surface area contributed by atoms with Crippen molar-refractivity contribution in [2.75, 3.05) is 6.54 Å². The highest BCUT2D eigenvalue weighted by Gasteiger charge is 2.72. The van der Waals surface area contributed by atoms with Gasteiger partial charge >= 0.3 is 0 Å². The van der Waals surface area contributed by atoms with Gasteiger partial charge in [-0.05, 0) is 17.9 Å². The lowest BCUT2D eigenvalue weighted by atomic mass is 10.0. The number of carbonyl (C=O) groups is 2. The maximum Gasteiger partial charge on any atom is 0.233 e. The molecular weight excluding hydrogens is 254 g/mol. The first-order valence-corrected chi connectivity index (χ1v) is 6.94. The summed E-state index contributed by atoms with van der Waals surface area (Å²) in [7, 11) is 0. The molecule has 1 aliphatic heterocycles. The van der Waals surface area contributed by atoms with E-state index in [0.717, 1.165) is 11.1 Å². The normalized spacial score (nSPS) is 28.5. The topological polar surface area (TPSA) is 57.6 Å². The second-order valence-electron chi connectivity index (χ2n) is 6.49. The smallest absolute Gasteiger partial charge is 0.233 e. The van der Waals surface area contributed by atoms with Crippen molar-refractivity contribution in [3.63, 3.8) is 0 Å². The molecule has 3 unspecified atom stereocenters. The summed E-state index contributed by atoms with van der Waals surface area (Å²) < 4.78 is 0. The number of carbonyl (C=O) groups excluding carboxylic acids is 2. The van der Waals surface area contributed by atoms with Crippen molar-refractivity contribution in [2.45, 2.75) is 26.9 Å².